The molecule has 5 heteroatoms. The van der Waals surface area contributed by atoms with Gasteiger partial charge < -0.3 is 14.8 Å². The number of nitrogens with zero attached hydrogens (tertiary/aromatic N) is 2. The molecule has 0 saturated carbocycles. The van der Waals surface area contributed by atoms with Gasteiger partial charge in [-0.15, -0.1) is 11.3 Å². The van der Waals surface area contributed by atoms with Crippen molar-refractivity contribution in [3.8, 4) is 0 Å². The number of hydrogen-bond donors (Lipinski definition) is 1. The summed E-state index contributed by atoms with van der Waals surface area (Å²) in [6.45, 7) is 7.61. The van der Waals surface area contributed by atoms with E-state index in [-0.39, 0.29) is 17.6 Å². The van der Waals surface area contributed by atoms with Crippen LogP contribution in [0.5, 0.6) is 0 Å². The maximum Gasteiger partial charge on any atom is 0.318 e. The van der Waals surface area contributed by atoms with Crippen LogP contribution in [0.1, 0.15) is 37.4 Å². The summed E-state index contributed by atoms with van der Waals surface area (Å²) in [7, 11) is 0. The Hall–Kier alpha value is -1.75. The number of aromatic nitrogens is 1. The SMILES string of the molecule is CC(C)(C)NC(=O)N1CCn2cccc2[C@@H]1c1cccs1. The van der Waals surface area contributed by atoms with E-state index in [1.165, 1.54) is 10.6 Å². The van der Waals surface area contributed by atoms with Gasteiger partial charge in [0, 0.05) is 35.4 Å². The van der Waals surface area contributed by atoms with Crippen molar-refractivity contribution in [2.75, 3.05) is 6.54 Å². The zero-order chi connectivity index (χ0) is 15.0. The van der Waals surface area contributed by atoms with Gasteiger partial charge in [0.2, 0.25) is 0 Å². The third-order valence-electron chi connectivity index (χ3n) is 3.59. The molecule has 0 aliphatic carbocycles. The molecule has 3 heterocycles. The number of hydrogen-bond acceptors (Lipinski definition) is 2. The molecule has 3 rings (SSSR count). The molecule has 2 amide bonds. The van der Waals surface area contributed by atoms with E-state index in [0.717, 1.165) is 13.1 Å². The molecule has 2 aromatic heterocycles. The van der Waals surface area contributed by atoms with Gasteiger partial charge in [-0.2, -0.15) is 0 Å². The summed E-state index contributed by atoms with van der Waals surface area (Å²) >= 11 is 1.70. The lowest BCUT2D eigenvalue weighted by Crippen LogP contribution is -2.52. The predicted octanol–water partition coefficient (Wildman–Crippen LogP) is 3.46. The molecule has 0 aromatic carbocycles. The maximum absolute atomic E-state index is 12.7. The van der Waals surface area contributed by atoms with Crippen LogP contribution in [-0.4, -0.2) is 27.6 Å². The smallest absolute Gasteiger partial charge is 0.318 e. The van der Waals surface area contributed by atoms with E-state index >= 15 is 0 Å². The summed E-state index contributed by atoms with van der Waals surface area (Å²) in [5, 5.41) is 5.15. The molecule has 0 saturated heterocycles. The summed E-state index contributed by atoms with van der Waals surface area (Å²) in [4.78, 5) is 15.8. The Morgan fingerprint density at radius 1 is 1.29 bits per heavy atom. The Morgan fingerprint density at radius 2 is 2.10 bits per heavy atom. The molecule has 0 spiro atoms. The number of carbonyl (C=O) groups excluding carboxylic acids is 1. The highest BCUT2D eigenvalue weighted by atomic mass is 32.1. The summed E-state index contributed by atoms with van der Waals surface area (Å²) in [6, 6.07) is 8.34. The number of nitrogens with one attached hydrogen (secondary N) is 1. The number of thiophene rings is 1. The van der Waals surface area contributed by atoms with Crippen molar-refractivity contribution in [1.82, 2.24) is 14.8 Å². The van der Waals surface area contributed by atoms with Crippen LogP contribution in [0.3, 0.4) is 0 Å². The monoisotopic (exact) mass is 303 g/mol. The Bertz CT molecular complexity index is 624. The minimum Gasteiger partial charge on any atom is -0.347 e. The third-order valence-corrected chi connectivity index (χ3v) is 4.52. The second kappa shape index (κ2) is 5.22. The summed E-state index contributed by atoms with van der Waals surface area (Å²) in [5.41, 5.74) is 0.962. The predicted molar refractivity (Wildman–Crippen MR) is 85.6 cm³/mol. The number of urea groups is 1. The molecule has 1 aliphatic rings. The van der Waals surface area contributed by atoms with E-state index in [4.69, 9.17) is 0 Å². The first-order chi connectivity index (χ1) is 9.96. The normalized spacial score (nSPS) is 18.4. The number of amides is 2. The minimum atomic E-state index is -0.226. The molecule has 1 aliphatic heterocycles. The molecule has 0 unspecified atom stereocenters. The first-order valence-corrected chi connectivity index (χ1v) is 8.11. The van der Waals surface area contributed by atoms with Crippen molar-refractivity contribution in [2.24, 2.45) is 0 Å². The molecular weight excluding hydrogens is 282 g/mol. The highest BCUT2D eigenvalue weighted by molar-refractivity contribution is 7.10. The average Bonchev–Trinajstić information content (AvgIpc) is 3.06. The van der Waals surface area contributed by atoms with Crippen LogP contribution >= 0.6 is 11.3 Å². The lowest BCUT2D eigenvalue weighted by atomic mass is 10.1. The van der Waals surface area contributed by atoms with Gasteiger partial charge in [0.25, 0.3) is 0 Å². The number of rotatable bonds is 1. The molecule has 1 atom stereocenters. The van der Waals surface area contributed by atoms with Crippen molar-refractivity contribution >= 4 is 17.4 Å². The zero-order valence-corrected chi connectivity index (χ0v) is 13.5. The fourth-order valence-corrected chi connectivity index (χ4v) is 3.59. The third kappa shape index (κ3) is 2.83. The van der Waals surface area contributed by atoms with Gasteiger partial charge in [-0.3, -0.25) is 0 Å². The van der Waals surface area contributed by atoms with Gasteiger partial charge in [0.1, 0.15) is 6.04 Å². The average molecular weight is 303 g/mol. The van der Waals surface area contributed by atoms with Crippen molar-refractivity contribution in [3.63, 3.8) is 0 Å². The molecule has 0 fully saturated rings. The van der Waals surface area contributed by atoms with E-state index in [1.807, 2.05) is 31.7 Å². The Morgan fingerprint density at radius 3 is 2.76 bits per heavy atom. The van der Waals surface area contributed by atoms with Crippen molar-refractivity contribution in [3.05, 3.63) is 46.4 Å². The first kappa shape index (κ1) is 14.2. The molecule has 1 N–H and O–H groups in total. The standard InChI is InChI=1S/C16H21N3OS/c1-16(2,3)17-15(20)19-10-9-18-8-4-6-12(18)14(19)13-7-5-11-21-13/h4-8,11,14H,9-10H2,1-3H3,(H,17,20)/t14-/m1/s1. The summed E-state index contributed by atoms with van der Waals surface area (Å²) in [6.07, 6.45) is 2.09. The topological polar surface area (TPSA) is 37.3 Å². The van der Waals surface area contributed by atoms with Crippen LogP contribution < -0.4 is 5.32 Å². The van der Waals surface area contributed by atoms with Gasteiger partial charge >= 0.3 is 6.03 Å². The molecule has 112 valence electrons. The lowest BCUT2D eigenvalue weighted by molar-refractivity contribution is 0.162. The Balaban J connectivity index is 1.95. The van der Waals surface area contributed by atoms with Crippen molar-refractivity contribution < 1.29 is 4.79 Å². The number of carbonyl (C=O) groups is 1. The van der Waals surface area contributed by atoms with Crippen LogP contribution in [0.4, 0.5) is 4.79 Å². The molecule has 4 nitrogen and oxygen atoms in total. The van der Waals surface area contributed by atoms with E-state index in [2.05, 4.69) is 39.7 Å². The fraction of sp³-hybridized carbons (Fsp3) is 0.438. The van der Waals surface area contributed by atoms with Crippen LogP contribution in [0.25, 0.3) is 0 Å². The maximum atomic E-state index is 12.7. The highest BCUT2D eigenvalue weighted by Gasteiger charge is 2.33. The van der Waals surface area contributed by atoms with Crippen LogP contribution in [-0.2, 0) is 6.54 Å². The summed E-state index contributed by atoms with van der Waals surface area (Å²) in [5.74, 6) is 0. The van der Waals surface area contributed by atoms with E-state index in [9.17, 15) is 4.79 Å². The Labute approximate surface area is 129 Å². The molecule has 2 aromatic rings. The molecule has 21 heavy (non-hydrogen) atoms. The summed E-state index contributed by atoms with van der Waals surface area (Å²) < 4.78 is 2.24. The van der Waals surface area contributed by atoms with Crippen LogP contribution in [0.15, 0.2) is 35.8 Å². The quantitative estimate of drug-likeness (QED) is 0.860. The molecular formula is C16H21N3OS. The van der Waals surface area contributed by atoms with E-state index in [0.29, 0.717) is 0 Å². The van der Waals surface area contributed by atoms with Gasteiger partial charge in [-0.05, 0) is 44.4 Å². The van der Waals surface area contributed by atoms with Crippen LogP contribution in [0, 0.1) is 0 Å². The zero-order valence-electron chi connectivity index (χ0n) is 12.7. The first-order valence-electron chi connectivity index (χ1n) is 7.23. The highest BCUT2D eigenvalue weighted by Crippen LogP contribution is 2.34. The van der Waals surface area contributed by atoms with Crippen molar-refractivity contribution in [2.45, 2.75) is 38.9 Å². The Kier molecular flexibility index (Phi) is 3.53. The lowest BCUT2D eigenvalue weighted by Gasteiger charge is -2.38. The minimum absolute atomic E-state index is 0.00773. The van der Waals surface area contributed by atoms with Gasteiger partial charge in [-0.25, -0.2) is 4.79 Å². The van der Waals surface area contributed by atoms with Gasteiger partial charge in [0.15, 0.2) is 0 Å². The second-order valence-corrected chi connectivity index (χ2v) is 7.40. The molecule has 0 radical (unpaired) electrons. The number of fused-ring (bicyclic) bond motifs is 1. The fourth-order valence-electron chi connectivity index (χ4n) is 2.74. The van der Waals surface area contributed by atoms with Crippen molar-refractivity contribution in [1.29, 1.82) is 0 Å². The largest absolute Gasteiger partial charge is 0.347 e. The van der Waals surface area contributed by atoms with E-state index < -0.39 is 0 Å². The van der Waals surface area contributed by atoms with E-state index in [1.54, 1.807) is 11.3 Å². The van der Waals surface area contributed by atoms with Gasteiger partial charge in [0.05, 0.1) is 0 Å². The molecule has 0 bridgehead atoms. The van der Waals surface area contributed by atoms with Gasteiger partial charge in [-0.1, -0.05) is 6.07 Å². The second-order valence-electron chi connectivity index (χ2n) is 6.42. The van der Waals surface area contributed by atoms with Crippen LogP contribution in [0.2, 0.25) is 0 Å².